The molecule has 1 atom stereocenters. The molecule has 2 heterocycles. The predicted octanol–water partition coefficient (Wildman–Crippen LogP) is 1.96. The summed E-state index contributed by atoms with van der Waals surface area (Å²) in [6.45, 7) is 5.80. The minimum absolute atomic E-state index is 0.199. The number of pyridine rings is 1. The maximum atomic E-state index is 12.5. The van der Waals surface area contributed by atoms with Gasteiger partial charge in [0.2, 0.25) is 0 Å². The molecule has 0 aliphatic carbocycles. The van der Waals surface area contributed by atoms with Crippen LogP contribution in [0.5, 0.6) is 0 Å². The Hall–Kier alpha value is -1.22. The second kappa shape index (κ2) is 4.34. The molecule has 3 nitrogen and oxygen atoms in total. The van der Waals surface area contributed by atoms with Crippen molar-refractivity contribution in [3.63, 3.8) is 0 Å². The van der Waals surface area contributed by atoms with Crippen LogP contribution in [-0.4, -0.2) is 23.9 Å². The van der Waals surface area contributed by atoms with Crippen LogP contribution in [0, 0.1) is 12.3 Å². The lowest BCUT2D eigenvalue weighted by Gasteiger charge is -2.24. The summed E-state index contributed by atoms with van der Waals surface area (Å²) in [4.78, 5) is 16.6. The molecule has 86 valence electrons. The van der Waals surface area contributed by atoms with E-state index < -0.39 is 0 Å². The van der Waals surface area contributed by atoms with Crippen molar-refractivity contribution in [2.45, 2.75) is 26.7 Å². The first-order valence-electron chi connectivity index (χ1n) is 5.85. The highest BCUT2D eigenvalue weighted by Crippen LogP contribution is 2.33. The molecular weight excluding hydrogens is 200 g/mol. The van der Waals surface area contributed by atoms with E-state index in [9.17, 15) is 4.79 Å². The van der Waals surface area contributed by atoms with E-state index >= 15 is 0 Å². The molecule has 1 aliphatic rings. The Labute approximate surface area is 96.3 Å². The monoisotopic (exact) mass is 218 g/mol. The van der Waals surface area contributed by atoms with E-state index in [0.717, 1.165) is 37.1 Å². The largest absolute Gasteiger partial charge is 0.316 e. The van der Waals surface area contributed by atoms with E-state index in [0.29, 0.717) is 0 Å². The van der Waals surface area contributed by atoms with E-state index in [1.165, 1.54) is 0 Å². The van der Waals surface area contributed by atoms with Crippen molar-refractivity contribution in [3.8, 4) is 0 Å². The first-order valence-corrected chi connectivity index (χ1v) is 5.85. The molecule has 0 saturated carbocycles. The van der Waals surface area contributed by atoms with Gasteiger partial charge in [-0.2, -0.15) is 0 Å². The van der Waals surface area contributed by atoms with Crippen LogP contribution in [0.15, 0.2) is 18.5 Å². The van der Waals surface area contributed by atoms with E-state index in [1.54, 1.807) is 12.4 Å². The van der Waals surface area contributed by atoms with E-state index in [4.69, 9.17) is 0 Å². The third-order valence-corrected chi connectivity index (χ3v) is 3.54. The number of hydrogen-bond acceptors (Lipinski definition) is 3. The number of carbonyl (C=O) groups excluding carboxylic acids is 1. The number of hydrogen-bond donors (Lipinski definition) is 1. The Balaban J connectivity index is 2.30. The zero-order valence-corrected chi connectivity index (χ0v) is 9.92. The van der Waals surface area contributed by atoms with Crippen molar-refractivity contribution < 1.29 is 4.79 Å². The zero-order valence-electron chi connectivity index (χ0n) is 9.92. The van der Waals surface area contributed by atoms with Crippen molar-refractivity contribution in [2.24, 2.45) is 5.41 Å². The van der Waals surface area contributed by atoms with Crippen LogP contribution >= 0.6 is 0 Å². The van der Waals surface area contributed by atoms with Gasteiger partial charge in [0.1, 0.15) is 0 Å². The maximum absolute atomic E-state index is 12.5. The number of nitrogens with one attached hydrogen (secondary N) is 1. The number of aryl methyl sites for hydroxylation is 1. The van der Waals surface area contributed by atoms with Gasteiger partial charge in [-0.1, -0.05) is 6.92 Å². The summed E-state index contributed by atoms with van der Waals surface area (Å²) in [7, 11) is 0. The van der Waals surface area contributed by atoms with Gasteiger partial charge < -0.3 is 5.32 Å². The summed E-state index contributed by atoms with van der Waals surface area (Å²) in [5.74, 6) is 0.246. The van der Waals surface area contributed by atoms with Crippen LogP contribution in [0.1, 0.15) is 35.7 Å². The minimum Gasteiger partial charge on any atom is -0.316 e. The average molecular weight is 218 g/mol. The van der Waals surface area contributed by atoms with Crippen molar-refractivity contribution in [1.29, 1.82) is 0 Å². The van der Waals surface area contributed by atoms with Gasteiger partial charge in [-0.3, -0.25) is 9.78 Å². The molecule has 1 unspecified atom stereocenters. The molecule has 1 aliphatic heterocycles. The summed E-state index contributed by atoms with van der Waals surface area (Å²) in [5, 5.41) is 3.29. The van der Waals surface area contributed by atoms with Gasteiger partial charge in [-0.05, 0) is 37.9 Å². The molecule has 0 amide bonds. The maximum Gasteiger partial charge on any atom is 0.171 e. The highest BCUT2D eigenvalue weighted by atomic mass is 16.1. The van der Waals surface area contributed by atoms with Gasteiger partial charge in [-0.25, -0.2) is 0 Å². The molecule has 0 aromatic carbocycles. The fraction of sp³-hybridized carbons (Fsp3) is 0.538. The van der Waals surface area contributed by atoms with Gasteiger partial charge >= 0.3 is 0 Å². The number of ketones is 1. The van der Waals surface area contributed by atoms with Gasteiger partial charge in [0.15, 0.2) is 5.78 Å². The van der Waals surface area contributed by atoms with Crippen molar-refractivity contribution in [1.82, 2.24) is 10.3 Å². The van der Waals surface area contributed by atoms with E-state index in [2.05, 4.69) is 17.2 Å². The Morgan fingerprint density at radius 2 is 2.38 bits per heavy atom. The molecule has 16 heavy (non-hydrogen) atoms. The van der Waals surface area contributed by atoms with Crippen LogP contribution in [-0.2, 0) is 0 Å². The standard InChI is InChI=1S/C13H18N2O/c1-3-13(4-5-14-9-13)12(16)11-6-10(2)7-15-8-11/h6-8,14H,3-5,9H2,1-2H3. The zero-order chi connectivity index (χ0) is 11.6. The molecule has 2 rings (SSSR count). The molecule has 1 saturated heterocycles. The summed E-state index contributed by atoms with van der Waals surface area (Å²) in [6, 6.07) is 1.94. The molecule has 1 fully saturated rings. The smallest absolute Gasteiger partial charge is 0.171 e. The predicted molar refractivity (Wildman–Crippen MR) is 63.5 cm³/mol. The fourth-order valence-electron chi connectivity index (χ4n) is 2.39. The first kappa shape index (κ1) is 11.3. The number of carbonyl (C=O) groups is 1. The molecule has 1 aromatic heterocycles. The Bertz CT molecular complexity index is 395. The molecule has 0 radical (unpaired) electrons. The second-order valence-corrected chi connectivity index (χ2v) is 4.64. The number of Topliss-reactive ketones (excluding diaryl/α,β-unsaturated/α-hetero) is 1. The Morgan fingerprint density at radius 1 is 1.56 bits per heavy atom. The summed E-state index contributed by atoms with van der Waals surface area (Å²) < 4.78 is 0. The lowest BCUT2D eigenvalue weighted by atomic mass is 9.77. The van der Waals surface area contributed by atoms with E-state index in [-0.39, 0.29) is 11.2 Å². The second-order valence-electron chi connectivity index (χ2n) is 4.64. The number of rotatable bonds is 3. The third kappa shape index (κ3) is 1.87. The molecule has 1 aromatic rings. The quantitative estimate of drug-likeness (QED) is 0.789. The SMILES string of the molecule is CCC1(C(=O)c2cncc(C)c2)CCNC1. The summed E-state index contributed by atoms with van der Waals surface area (Å²) >= 11 is 0. The molecule has 0 spiro atoms. The van der Waals surface area contributed by atoms with Crippen LogP contribution in [0.4, 0.5) is 0 Å². The molecule has 3 heteroatoms. The Kier molecular flexibility index (Phi) is 3.06. The highest BCUT2D eigenvalue weighted by molar-refractivity contribution is 6.00. The number of aromatic nitrogens is 1. The van der Waals surface area contributed by atoms with Crippen LogP contribution in [0.3, 0.4) is 0 Å². The normalized spacial score (nSPS) is 24.6. The van der Waals surface area contributed by atoms with Crippen molar-refractivity contribution in [2.75, 3.05) is 13.1 Å². The lowest BCUT2D eigenvalue weighted by molar-refractivity contribution is 0.0810. The summed E-state index contributed by atoms with van der Waals surface area (Å²) in [5.41, 5.74) is 1.60. The third-order valence-electron chi connectivity index (χ3n) is 3.54. The fourth-order valence-corrected chi connectivity index (χ4v) is 2.39. The average Bonchev–Trinajstić information content (AvgIpc) is 2.78. The van der Waals surface area contributed by atoms with Crippen LogP contribution in [0.2, 0.25) is 0 Å². The first-order chi connectivity index (χ1) is 7.68. The van der Waals surface area contributed by atoms with E-state index in [1.807, 2.05) is 13.0 Å². The number of nitrogens with zero attached hydrogens (tertiary/aromatic N) is 1. The van der Waals surface area contributed by atoms with Crippen LogP contribution in [0.25, 0.3) is 0 Å². The van der Waals surface area contributed by atoms with Gasteiger partial charge in [0.25, 0.3) is 0 Å². The van der Waals surface area contributed by atoms with Gasteiger partial charge in [0.05, 0.1) is 0 Å². The van der Waals surface area contributed by atoms with Crippen molar-refractivity contribution >= 4 is 5.78 Å². The van der Waals surface area contributed by atoms with Crippen LogP contribution < -0.4 is 5.32 Å². The van der Waals surface area contributed by atoms with Gasteiger partial charge in [0, 0.05) is 29.9 Å². The van der Waals surface area contributed by atoms with Gasteiger partial charge in [-0.15, -0.1) is 0 Å². The minimum atomic E-state index is -0.199. The molecule has 1 N–H and O–H groups in total. The topological polar surface area (TPSA) is 42.0 Å². The Morgan fingerprint density at radius 3 is 2.94 bits per heavy atom. The molecule has 0 bridgehead atoms. The lowest BCUT2D eigenvalue weighted by Crippen LogP contribution is -2.33. The summed E-state index contributed by atoms with van der Waals surface area (Å²) in [6.07, 6.45) is 5.30. The highest BCUT2D eigenvalue weighted by Gasteiger charge is 2.39. The molecular formula is C13H18N2O. The van der Waals surface area contributed by atoms with Crippen molar-refractivity contribution in [3.05, 3.63) is 29.6 Å².